The van der Waals surface area contributed by atoms with Crippen molar-refractivity contribution in [3.8, 4) is 0 Å². The molecule has 0 saturated carbocycles. The molecule has 3 rings (SSSR count). The summed E-state index contributed by atoms with van der Waals surface area (Å²) in [6, 6.07) is 16.1. The summed E-state index contributed by atoms with van der Waals surface area (Å²) in [5, 5.41) is 5.95. The van der Waals surface area contributed by atoms with Crippen molar-refractivity contribution >= 4 is 27.5 Å². The molecule has 1 heterocycles. The molecular weight excluding hydrogens is 400 g/mol. The maximum absolute atomic E-state index is 12.6. The van der Waals surface area contributed by atoms with E-state index in [1.807, 2.05) is 37.3 Å². The Bertz CT molecular complexity index is 973. The molecule has 0 radical (unpaired) electrons. The average Bonchev–Trinajstić information content (AvgIpc) is 3.01. The van der Waals surface area contributed by atoms with Gasteiger partial charge in [-0.1, -0.05) is 36.8 Å². The van der Waals surface area contributed by atoms with Crippen LogP contribution in [0.5, 0.6) is 0 Å². The van der Waals surface area contributed by atoms with Gasteiger partial charge in [0.15, 0.2) is 0 Å². The van der Waals surface area contributed by atoms with Gasteiger partial charge in [-0.2, -0.15) is 0 Å². The van der Waals surface area contributed by atoms with Gasteiger partial charge in [0.1, 0.15) is 5.84 Å². The number of carbonyl (C=O) groups is 1. The number of aliphatic imine (C=N–C) groups is 1. The van der Waals surface area contributed by atoms with E-state index in [0.717, 1.165) is 24.8 Å². The van der Waals surface area contributed by atoms with Crippen LogP contribution in [-0.4, -0.2) is 33.3 Å². The van der Waals surface area contributed by atoms with Crippen molar-refractivity contribution < 1.29 is 13.2 Å². The Balaban J connectivity index is 1.53. The van der Waals surface area contributed by atoms with E-state index in [0.29, 0.717) is 24.5 Å². The highest BCUT2D eigenvalue weighted by atomic mass is 32.2. The van der Waals surface area contributed by atoms with Gasteiger partial charge < -0.3 is 10.6 Å². The van der Waals surface area contributed by atoms with Gasteiger partial charge in [0.2, 0.25) is 5.91 Å². The Labute approximate surface area is 178 Å². The van der Waals surface area contributed by atoms with Crippen LogP contribution in [0.4, 0.5) is 5.69 Å². The summed E-state index contributed by atoms with van der Waals surface area (Å²) < 4.78 is 27.7. The van der Waals surface area contributed by atoms with Crippen LogP contribution in [0.2, 0.25) is 0 Å². The maximum atomic E-state index is 12.6. The summed E-state index contributed by atoms with van der Waals surface area (Å²) in [6.45, 7) is 2.80. The van der Waals surface area contributed by atoms with Crippen LogP contribution in [0.3, 0.4) is 0 Å². The topological polar surface area (TPSA) is 99.7 Å². The number of nitrogens with zero attached hydrogens (tertiary/aromatic N) is 1. The van der Waals surface area contributed by atoms with Crippen molar-refractivity contribution in [1.29, 1.82) is 0 Å². The van der Waals surface area contributed by atoms with Gasteiger partial charge in [-0.05, 0) is 49.6 Å². The lowest BCUT2D eigenvalue weighted by Crippen LogP contribution is -2.31. The lowest BCUT2D eigenvalue weighted by Gasteiger charge is -2.14. The van der Waals surface area contributed by atoms with E-state index in [2.05, 4.69) is 20.3 Å². The first-order valence-corrected chi connectivity index (χ1v) is 11.7. The first-order valence-electron chi connectivity index (χ1n) is 10.2. The fourth-order valence-electron chi connectivity index (χ4n) is 3.20. The highest BCUT2D eigenvalue weighted by molar-refractivity contribution is 7.90. The first-order chi connectivity index (χ1) is 14.4. The molecule has 1 aliphatic rings. The van der Waals surface area contributed by atoms with Gasteiger partial charge >= 0.3 is 0 Å². The minimum absolute atomic E-state index is 0.0439. The molecule has 0 spiro atoms. The molecule has 1 atom stereocenters. The highest BCUT2D eigenvalue weighted by Gasteiger charge is 2.17. The first kappa shape index (κ1) is 22.0. The molecule has 8 heteroatoms. The van der Waals surface area contributed by atoms with E-state index in [-0.39, 0.29) is 23.4 Å². The zero-order chi connectivity index (χ0) is 21.4. The molecule has 0 bridgehead atoms. The number of amidine groups is 1. The van der Waals surface area contributed by atoms with Gasteiger partial charge in [0.05, 0.1) is 11.4 Å². The van der Waals surface area contributed by atoms with Crippen molar-refractivity contribution in [2.24, 2.45) is 4.99 Å². The third kappa shape index (κ3) is 6.40. The molecule has 1 aliphatic heterocycles. The number of amides is 1. The lowest BCUT2D eigenvalue weighted by atomic mass is 10.1. The highest BCUT2D eigenvalue weighted by Crippen LogP contribution is 2.16. The van der Waals surface area contributed by atoms with Crippen LogP contribution in [0.15, 0.2) is 64.5 Å². The molecule has 0 fully saturated rings. The molecule has 7 nitrogen and oxygen atoms in total. The summed E-state index contributed by atoms with van der Waals surface area (Å²) in [6.07, 6.45) is 3.62. The normalized spacial score (nSPS) is 15.6. The van der Waals surface area contributed by atoms with Crippen molar-refractivity contribution in [2.75, 3.05) is 18.4 Å². The number of anilines is 1. The van der Waals surface area contributed by atoms with Crippen molar-refractivity contribution in [2.45, 2.75) is 43.5 Å². The second-order valence-electron chi connectivity index (χ2n) is 7.33. The molecule has 0 unspecified atom stereocenters. The van der Waals surface area contributed by atoms with Gasteiger partial charge in [-0.15, -0.1) is 0 Å². The van der Waals surface area contributed by atoms with Crippen LogP contribution < -0.4 is 15.4 Å². The minimum Gasteiger partial charge on any atom is -0.325 e. The molecule has 160 valence electrons. The van der Waals surface area contributed by atoms with Crippen molar-refractivity contribution in [3.05, 3.63) is 60.2 Å². The third-order valence-corrected chi connectivity index (χ3v) is 6.34. The number of benzene rings is 2. The van der Waals surface area contributed by atoms with Gasteiger partial charge in [0, 0.05) is 24.7 Å². The van der Waals surface area contributed by atoms with Crippen LogP contribution in [0.25, 0.3) is 0 Å². The number of hydrogen-bond acceptors (Lipinski definition) is 5. The molecule has 30 heavy (non-hydrogen) atoms. The number of carbonyl (C=O) groups excluding carboxylic acids is 1. The van der Waals surface area contributed by atoms with E-state index in [9.17, 15) is 13.2 Å². The number of hydrogen-bond donors (Lipinski definition) is 3. The smallest absolute Gasteiger partial charge is 0.262 e. The summed E-state index contributed by atoms with van der Waals surface area (Å²) in [5.74, 6) is 0.322. The molecular formula is C22H28N4O3S. The fraction of sp³-hybridized carbons (Fsp3) is 0.364. The minimum atomic E-state index is -3.68. The van der Waals surface area contributed by atoms with Crippen LogP contribution >= 0.6 is 0 Å². The van der Waals surface area contributed by atoms with Gasteiger partial charge in [-0.3, -0.25) is 14.5 Å². The Kier molecular flexibility index (Phi) is 7.59. The second-order valence-corrected chi connectivity index (χ2v) is 9.01. The fourth-order valence-corrected chi connectivity index (χ4v) is 4.29. The Morgan fingerprint density at radius 1 is 1.03 bits per heavy atom. The predicted octanol–water partition coefficient (Wildman–Crippen LogP) is 3.23. The Morgan fingerprint density at radius 3 is 2.50 bits per heavy atom. The average molecular weight is 429 g/mol. The van der Waals surface area contributed by atoms with Crippen molar-refractivity contribution in [1.82, 2.24) is 10.0 Å². The summed E-state index contributed by atoms with van der Waals surface area (Å²) in [4.78, 5) is 16.7. The lowest BCUT2D eigenvalue weighted by molar-refractivity contribution is -0.115. The van der Waals surface area contributed by atoms with E-state index >= 15 is 0 Å². The summed E-state index contributed by atoms with van der Waals surface area (Å²) in [7, 11) is -3.68. The Morgan fingerprint density at radius 2 is 1.77 bits per heavy atom. The number of nitrogens with one attached hydrogen (secondary N) is 3. The molecule has 1 amide bonds. The largest absolute Gasteiger partial charge is 0.325 e. The van der Waals surface area contributed by atoms with E-state index in [4.69, 9.17) is 0 Å². The van der Waals surface area contributed by atoms with Crippen LogP contribution in [-0.2, 0) is 14.8 Å². The van der Waals surface area contributed by atoms with Gasteiger partial charge in [0.25, 0.3) is 10.0 Å². The standard InChI is InChI=1S/C22H28N4O3S/c1-17(18-8-4-2-5-9-18)24-16-22(27)25-19-11-13-20(14-12-19)30(28,29)26-21-10-6-3-7-15-23-21/h2,4-5,8-9,11-14,17,24H,3,6-7,10,15-16H2,1H3,(H,23,26)(H,25,27)/t17-/m0/s1. The second kappa shape index (κ2) is 10.4. The van der Waals surface area contributed by atoms with E-state index < -0.39 is 10.0 Å². The predicted molar refractivity (Wildman–Crippen MR) is 119 cm³/mol. The number of rotatable bonds is 7. The maximum Gasteiger partial charge on any atom is 0.262 e. The van der Waals surface area contributed by atoms with E-state index in [1.54, 1.807) is 12.1 Å². The third-order valence-electron chi connectivity index (χ3n) is 4.94. The van der Waals surface area contributed by atoms with Crippen LogP contribution in [0.1, 0.15) is 44.2 Å². The molecule has 2 aromatic carbocycles. The quantitative estimate of drug-likeness (QED) is 0.630. The molecule has 0 aromatic heterocycles. The van der Waals surface area contributed by atoms with Crippen LogP contribution in [0, 0.1) is 0 Å². The molecule has 2 aromatic rings. The monoisotopic (exact) mass is 428 g/mol. The number of sulfonamides is 1. The van der Waals surface area contributed by atoms with Gasteiger partial charge in [-0.25, -0.2) is 8.42 Å². The summed E-state index contributed by atoms with van der Waals surface area (Å²) >= 11 is 0. The SMILES string of the molecule is C[C@H](NCC(=O)Nc1ccc(S(=O)(=O)NC2=NCCCCC2)cc1)c1ccccc1. The van der Waals surface area contributed by atoms with Crippen molar-refractivity contribution in [3.63, 3.8) is 0 Å². The molecule has 0 aliphatic carbocycles. The zero-order valence-corrected chi connectivity index (χ0v) is 17.9. The zero-order valence-electron chi connectivity index (χ0n) is 17.1. The molecule has 0 saturated heterocycles. The molecule has 3 N–H and O–H groups in total. The Hall–Kier alpha value is -2.71. The van der Waals surface area contributed by atoms with E-state index in [1.165, 1.54) is 12.1 Å². The summed E-state index contributed by atoms with van der Waals surface area (Å²) in [5.41, 5.74) is 1.64.